The van der Waals surface area contributed by atoms with Gasteiger partial charge in [0.2, 0.25) is 0 Å². The molecule has 1 unspecified atom stereocenters. The molecule has 0 spiro atoms. The van der Waals surface area contributed by atoms with E-state index in [9.17, 15) is 0 Å². The monoisotopic (exact) mass is 396 g/mol. The Bertz CT molecular complexity index is 718. The molecule has 2 aromatic rings. The van der Waals surface area contributed by atoms with Crippen LogP contribution in [0.25, 0.3) is 0 Å². The Balaban J connectivity index is 0.00000100. The van der Waals surface area contributed by atoms with Gasteiger partial charge in [-0.3, -0.25) is 0 Å². The number of anilines is 2. The van der Waals surface area contributed by atoms with E-state index in [1.54, 1.807) is 0 Å². The van der Waals surface area contributed by atoms with E-state index in [0.29, 0.717) is 0 Å². The summed E-state index contributed by atoms with van der Waals surface area (Å²) in [6.07, 6.45) is 6.99. The Kier molecular flexibility index (Phi) is 13.6. The van der Waals surface area contributed by atoms with E-state index in [1.807, 2.05) is 27.7 Å². The maximum absolute atomic E-state index is 2.39. The molecule has 29 heavy (non-hydrogen) atoms. The number of hydrogen-bond acceptors (Lipinski definition) is 2. The van der Waals surface area contributed by atoms with Gasteiger partial charge in [0.05, 0.1) is 0 Å². The van der Waals surface area contributed by atoms with Crippen LogP contribution in [0.3, 0.4) is 0 Å². The minimum atomic E-state index is 0.285. The third-order valence-electron chi connectivity index (χ3n) is 4.55. The molecule has 0 bridgehead atoms. The van der Waals surface area contributed by atoms with Crippen LogP contribution in [0.15, 0.2) is 54.9 Å². The highest BCUT2D eigenvalue weighted by molar-refractivity contribution is 5.68. The van der Waals surface area contributed by atoms with Gasteiger partial charge in [-0.05, 0) is 49.9 Å². The van der Waals surface area contributed by atoms with Gasteiger partial charge in [0.15, 0.2) is 0 Å². The summed E-state index contributed by atoms with van der Waals surface area (Å²) in [5.74, 6) is 0. The Hall–Kier alpha value is -2.22. The predicted octanol–water partition coefficient (Wildman–Crippen LogP) is 8.48. The molecular weight excluding hydrogens is 352 g/mol. The van der Waals surface area contributed by atoms with Crippen molar-refractivity contribution in [2.45, 2.75) is 88.2 Å². The van der Waals surface area contributed by atoms with Crippen molar-refractivity contribution in [3.63, 3.8) is 0 Å². The highest BCUT2D eigenvalue weighted by atomic mass is 15.4. The number of rotatable bonds is 3. The summed E-state index contributed by atoms with van der Waals surface area (Å²) in [4.78, 5) is 4.74. The largest absolute Gasteiger partial charge is 0.325 e. The first kappa shape index (κ1) is 26.8. The van der Waals surface area contributed by atoms with Crippen molar-refractivity contribution in [1.82, 2.24) is 0 Å². The molecule has 0 N–H and O–H groups in total. The second-order valence-corrected chi connectivity index (χ2v) is 6.67. The summed E-state index contributed by atoms with van der Waals surface area (Å²) in [5, 5.41) is 0. The Morgan fingerprint density at radius 1 is 0.724 bits per heavy atom. The van der Waals surface area contributed by atoms with E-state index in [2.05, 4.69) is 106 Å². The smallest absolute Gasteiger partial charge is 0.107 e. The van der Waals surface area contributed by atoms with Crippen LogP contribution in [-0.2, 0) is 6.42 Å². The summed E-state index contributed by atoms with van der Waals surface area (Å²) in [5.41, 5.74) is 6.68. The number of nitrogens with zero attached hydrogens (tertiary/aromatic N) is 2. The van der Waals surface area contributed by atoms with Crippen molar-refractivity contribution in [3.8, 4) is 0 Å². The lowest BCUT2D eigenvalue weighted by atomic mass is 10.0. The minimum absolute atomic E-state index is 0.285. The zero-order valence-electron chi connectivity index (χ0n) is 20.6. The Labute approximate surface area is 181 Å². The molecule has 3 rings (SSSR count). The topological polar surface area (TPSA) is 6.48 Å². The number of para-hydroxylation sites is 2. The lowest BCUT2D eigenvalue weighted by molar-refractivity contribution is 0.743. The third-order valence-corrected chi connectivity index (χ3v) is 4.55. The summed E-state index contributed by atoms with van der Waals surface area (Å²) >= 11 is 0. The minimum Gasteiger partial charge on any atom is -0.325 e. The maximum atomic E-state index is 2.39. The quantitative estimate of drug-likeness (QED) is 0.513. The number of hydrogen-bond donors (Lipinski definition) is 0. The van der Waals surface area contributed by atoms with E-state index in [1.165, 1.54) is 34.5 Å². The van der Waals surface area contributed by atoms with Crippen molar-refractivity contribution in [2.75, 3.05) is 9.80 Å². The van der Waals surface area contributed by atoms with Gasteiger partial charge in [-0.25, -0.2) is 0 Å². The zero-order valence-corrected chi connectivity index (χ0v) is 20.6. The molecule has 1 aliphatic rings. The molecule has 0 aliphatic carbocycles. The van der Waals surface area contributed by atoms with Crippen molar-refractivity contribution in [1.29, 1.82) is 0 Å². The van der Waals surface area contributed by atoms with Crippen LogP contribution in [0.5, 0.6) is 0 Å². The van der Waals surface area contributed by atoms with Crippen molar-refractivity contribution >= 4 is 11.4 Å². The fourth-order valence-corrected chi connectivity index (χ4v) is 3.30. The van der Waals surface area contributed by atoms with Crippen LogP contribution < -0.4 is 9.80 Å². The summed E-state index contributed by atoms with van der Waals surface area (Å²) in [7, 11) is 0. The van der Waals surface area contributed by atoms with E-state index in [0.717, 1.165) is 6.42 Å². The molecule has 0 fully saturated rings. The molecule has 1 aliphatic heterocycles. The van der Waals surface area contributed by atoms with Crippen LogP contribution in [0, 0.1) is 13.8 Å². The predicted molar refractivity (Wildman–Crippen MR) is 134 cm³/mol. The lowest BCUT2D eigenvalue weighted by Gasteiger charge is -2.32. The highest BCUT2D eigenvalue weighted by Crippen LogP contribution is 2.34. The first-order valence-corrected chi connectivity index (χ1v) is 11.4. The SMILES string of the molecule is CC.CC.CCC.CCc1cccc(C)c1N1C=CN(c2ccccc2C)C1C. The molecule has 0 aromatic heterocycles. The van der Waals surface area contributed by atoms with Gasteiger partial charge >= 0.3 is 0 Å². The second-order valence-electron chi connectivity index (χ2n) is 6.67. The summed E-state index contributed by atoms with van der Waals surface area (Å²) < 4.78 is 0. The normalized spacial score (nSPS) is 14.2. The summed E-state index contributed by atoms with van der Waals surface area (Å²) in [6.45, 7) is 21.1. The third kappa shape index (κ3) is 6.96. The second kappa shape index (κ2) is 14.7. The molecule has 0 radical (unpaired) electrons. The molecule has 1 atom stereocenters. The molecule has 0 saturated carbocycles. The molecular formula is C27H44N2. The van der Waals surface area contributed by atoms with Gasteiger partial charge in [0.25, 0.3) is 0 Å². The fourth-order valence-electron chi connectivity index (χ4n) is 3.30. The van der Waals surface area contributed by atoms with Gasteiger partial charge in [-0.2, -0.15) is 0 Å². The molecule has 0 saturated heterocycles. The Morgan fingerprint density at radius 2 is 1.24 bits per heavy atom. The molecule has 2 heteroatoms. The Morgan fingerprint density at radius 3 is 1.79 bits per heavy atom. The number of benzene rings is 2. The van der Waals surface area contributed by atoms with Gasteiger partial charge in [0, 0.05) is 23.8 Å². The molecule has 2 nitrogen and oxygen atoms in total. The van der Waals surface area contributed by atoms with E-state index in [-0.39, 0.29) is 6.17 Å². The van der Waals surface area contributed by atoms with Gasteiger partial charge < -0.3 is 9.80 Å². The average Bonchev–Trinajstić information content (AvgIpc) is 3.12. The number of aryl methyl sites for hydroxylation is 3. The van der Waals surface area contributed by atoms with Gasteiger partial charge in [-0.15, -0.1) is 0 Å². The van der Waals surface area contributed by atoms with Gasteiger partial charge in [0.1, 0.15) is 6.17 Å². The van der Waals surface area contributed by atoms with Crippen LogP contribution in [0.2, 0.25) is 0 Å². The molecule has 2 aromatic carbocycles. The zero-order chi connectivity index (χ0) is 22.4. The summed E-state index contributed by atoms with van der Waals surface area (Å²) in [6, 6.07) is 15.2. The lowest BCUT2D eigenvalue weighted by Crippen LogP contribution is -2.37. The molecule has 162 valence electrons. The van der Waals surface area contributed by atoms with E-state index < -0.39 is 0 Å². The van der Waals surface area contributed by atoms with Crippen LogP contribution in [0.1, 0.15) is 78.5 Å². The first-order valence-electron chi connectivity index (χ1n) is 11.4. The molecule has 0 amide bonds. The highest BCUT2D eigenvalue weighted by Gasteiger charge is 2.27. The van der Waals surface area contributed by atoms with Crippen molar-refractivity contribution < 1.29 is 0 Å². The maximum Gasteiger partial charge on any atom is 0.107 e. The van der Waals surface area contributed by atoms with Crippen molar-refractivity contribution in [2.24, 2.45) is 0 Å². The van der Waals surface area contributed by atoms with E-state index in [4.69, 9.17) is 0 Å². The fraction of sp³-hybridized carbons (Fsp3) is 0.481. The first-order chi connectivity index (χ1) is 14.0. The van der Waals surface area contributed by atoms with Gasteiger partial charge in [-0.1, -0.05) is 91.3 Å². The molecule has 1 heterocycles. The van der Waals surface area contributed by atoms with E-state index >= 15 is 0 Å². The van der Waals surface area contributed by atoms with Crippen molar-refractivity contribution in [3.05, 3.63) is 71.6 Å². The average molecular weight is 397 g/mol. The standard InChI is InChI=1S/C20H24N2.C3H8.2C2H6/c1-5-18-11-8-10-16(3)20(18)22-14-13-21(17(22)4)19-12-7-6-9-15(19)2;1-3-2;2*1-2/h6-14,17H,5H2,1-4H3;3H2,1-2H3;2*1-2H3. The van der Waals surface area contributed by atoms with Crippen LogP contribution in [-0.4, -0.2) is 6.17 Å². The van der Waals surface area contributed by atoms with Crippen LogP contribution in [0.4, 0.5) is 11.4 Å². The van der Waals surface area contributed by atoms with Crippen LogP contribution >= 0.6 is 0 Å².